The van der Waals surface area contributed by atoms with E-state index in [0.29, 0.717) is 26.9 Å². The number of halogens is 2. The molecule has 0 amide bonds. The van der Waals surface area contributed by atoms with Crippen LogP contribution in [0.3, 0.4) is 0 Å². The van der Waals surface area contributed by atoms with Crippen molar-refractivity contribution in [2.24, 2.45) is 0 Å². The summed E-state index contributed by atoms with van der Waals surface area (Å²) in [6.07, 6.45) is 1.54. The Hall–Kier alpha value is -2.68. The van der Waals surface area contributed by atoms with E-state index in [2.05, 4.69) is 16.4 Å². The Balaban J connectivity index is 1.82. The monoisotopic (exact) mass is 369 g/mol. The Morgan fingerprint density at radius 2 is 2.04 bits per heavy atom. The normalized spacial score (nSPS) is 11.2. The Morgan fingerprint density at radius 1 is 1.28 bits per heavy atom. The largest absolute Gasteiger partial charge is 0.360 e. The maximum atomic E-state index is 13.6. The lowest BCUT2D eigenvalue weighted by molar-refractivity contribution is 0.619. The highest BCUT2D eigenvalue weighted by atomic mass is 35.5. The minimum absolute atomic E-state index is 0.295. The number of nitrogens with zero attached hydrogens (tertiary/aromatic N) is 2. The molecule has 3 aromatic rings. The zero-order valence-electron chi connectivity index (χ0n) is 13.3. The Kier molecular flexibility index (Phi) is 5.13. The third kappa shape index (κ3) is 4.05. The lowest BCUT2D eigenvalue weighted by Crippen LogP contribution is -1.93. The molecule has 0 aliphatic carbocycles. The third-order valence-corrected chi connectivity index (χ3v) is 4.68. The lowest BCUT2D eigenvalue weighted by atomic mass is 10.2. The second kappa shape index (κ2) is 7.47. The van der Waals surface area contributed by atoms with Gasteiger partial charge >= 0.3 is 0 Å². The van der Waals surface area contributed by atoms with E-state index in [1.165, 1.54) is 23.6 Å². The maximum absolute atomic E-state index is 13.6. The number of aryl methyl sites for hydroxylation is 1. The summed E-state index contributed by atoms with van der Waals surface area (Å²) in [4.78, 5) is 4.50. The zero-order chi connectivity index (χ0) is 17.8. The van der Waals surface area contributed by atoms with E-state index in [1.807, 2.05) is 17.5 Å². The molecule has 1 N–H and O–H groups in total. The molecule has 0 aliphatic rings. The second-order valence-corrected chi connectivity index (χ2v) is 6.62. The van der Waals surface area contributed by atoms with Crippen molar-refractivity contribution >= 4 is 34.2 Å². The average molecular weight is 370 g/mol. The fourth-order valence-electron chi connectivity index (χ4n) is 2.13. The number of rotatable bonds is 4. The fraction of sp³-hybridized carbons (Fsp3) is 0.0526. The number of anilines is 1. The first-order valence-corrected chi connectivity index (χ1v) is 8.67. The van der Waals surface area contributed by atoms with Crippen molar-refractivity contribution in [1.82, 2.24) is 4.98 Å². The molecule has 0 saturated heterocycles. The molecule has 6 heteroatoms. The van der Waals surface area contributed by atoms with Crippen LogP contribution in [0.5, 0.6) is 0 Å². The van der Waals surface area contributed by atoms with Crippen LogP contribution in [0.25, 0.3) is 16.8 Å². The number of allylic oxidation sites excluding steroid dienone is 1. The first kappa shape index (κ1) is 17.2. The number of aromatic nitrogens is 1. The molecule has 0 radical (unpaired) electrons. The topological polar surface area (TPSA) is 48.7 Å². The first-order chi connectivity index (χ1) is 12.1. The van der Waals surface area contributed by atoms with Gasteiger partial charge in [-0.15, -0.1) is 11.3 Å². The molecular formula is C19H13ClFN3S. The van der Waals surface area contributed by atoms with Crippen molar-refractivity contribution in [2.45, 2.75) is 6.92 Å². The standard InChI is InChI=1S/C19H13ClFN3S/c1-12-2-7-16(8-17(12)21)23-10-14(9-22)19-24-18(11-25-19)13-3-5-15(20)6-4-13/h2-8,10-11,23H,1H3. The Labute approximate surface area is 154 Å². The summed E-state index contributed by atoms with van der Waals surface area (Å²) in [6.45, 7) is 1.70. The highest BCUT2D eigenvalue weighted by Gasteiger charge is 2.09. The van der Waals surface area contributed by atoms with E-state index in [9.17, 15) is 9.65 Å². The van der Waals surface area contributed by atoms with Gasteiger partial charge in [-0.3, -0.25) is 0 Å². The van der Waals surface area contributed by atoms with E-state index >= 15 is 0 Å². The number of hydrogen-bond donors (Lipinski definition) is 1. The van der Waals surface area contributed by atoms with Gasteiger partial charge in [-0.25, -0.2) is 9.37 Å². The van der Waals surface area contributed by atoms with Gasteiger partial charge in [0, 0.05) is 27.9 Å². The highest BCUT2D eigenvalue weighted by Crippen LogP contribution is 2.27. The van der Waals surface area contributed by atoms with Gasteiger partial charge < -0.3 is 5.32 Å². The molecule has 3 rings (SSSR count). The van der Waals surface area contributed by atoms with Crippen molar-refractivity contribution in [2.75, 3.05) is 5.32 Å². The van der Waals surface area contributed by atoms with Crippen molar-refractivity contribution in [3.05, 3.63) is 75.5 Å². The Bertz CT molecular complexity index is 971. The Morgan fingerprint density at radius 3 is 2.72 bits per heavy atom. The summed E-state index contributed by atoms with van der Waals surface area (Å²) >= 11 is 7.27. The zero-order valence-corrected chi connectivity index (χ0v) is 14.8. The van der Waals surface area contributed by atoms with E-state index in [1.54, 1.807) is 31.2 Å². The van der Waals surface area contributed by atoms with Crippen LogP contribution in [0.1, 0.15) is 10.6 Å². The minimum atomic E-state index is -0.295. The maximum Gasteiger partial charge on any atom is 0.136 e. The van der Waals surface area contributed by atoms with Crippen molar-refractivity contribution in [1.29, 1.82) is 5.26 Å². The molecule has 0 unspecified atom stereocenters. The van der Waals surface area contributed by atoms with Gasteiger partial charge in [-0.2, -0.15) is 5.26 Å². The molecule has 25 heavy (non-hydrogen) atoms. The fourth-order valence-corrected chi connectivity index (χ4v) is 3.05. The molecule has 0 bridgehead atoms. The second-order valence-electron chi connectivity index (χ2n) is 5.32. The van der Waals surface area contributed by atoms with Crippen LogP contribution in [-0.4, -0.2) is 4.98 Å². The summed E-state index contributed by atoms with van der Waals surface area (Å²) in [7, 11) is 0. The van der Waals surface area contributed by atoms with Crippen LogP contribution in [0.15, 0.2) is 54.0 Å². The van der Waals surface area contributed by atoms with Crippen molar-refractivity contribution < 1.29 is 4.39 Å². The van der Waals surface area contributed by atoms with Gasteiger partial charge in [0.1, 0.15) is 22.5 Å². The summed E-state index contributed by atoms with van der Waals surface area (Å²) in [5.41, 5.74) is 3.23. The smallest absolute Gasteiger partial charge is 0.136 e. The molecule has 1 heterocycles. The molecule has 0 fully saturated rings. The van der Waals surface area contributed by atoms with Gasteiger partial charge in [0.2, 0.25) is 0 Å². The van der Waals surface area contributed by atoms with Gasteiger partial charge in [0.05, 0.1) is 5.69 Å². The minimum Gasteiger partial charge on any atom is -0.360 e. The van der Waals surface area contributed by atoms with Gasteiger partial charge in [-0.1, -0.05) is 29.8 Å². The predicted octanol–water partition coefficient (Wildman–Crippen LogP) is 5.89. The summed E-state index contributed by atoms with van der Waals surface area (Å²) in [6, 6.07) is 14.3. The van der Waals surface area contributed by atoms with Crippen LogP contribution in [0.4, 0.5) is 10.1 Å². The first-order valence-electron chi connectivity index (χ1n) is 7.41. The molecule has 2 aromatic carbocycles. The van der Waals surface area contributed by atoms with Gasteiger partial charge in [-0.05, 0) is 36.8 Å². The highest BCUT2D eigenvalue weighted by molar-refractivity contribution is 7.11. The summed E-state index contributed by atoms with van der Waals surface area (Å²) in [5.74, 6) is -0.295. The van der Waals surface area contributed by atoms with Crippen LogP contribution in [-0.2, 0) is 0 Å². The van der Waals surface area contributed by atoms with Crippen LogP contribution in [0.2, 0.25) is 5.02 Å². The molecular weight excluding hydrogens is 357 g/mol. The van der Waals surface area contributed by atoms with E-state index < -0.39 is 0 Å². The number of benzene rings is 2. The van der Waals surface area contributed by atoms with E-state index in [4.69, 9.17) is 11.6 Å². The van der Waals surface area contributed by atoms with E-state index in [-0.39, 0.29) is 5.82 Å². The summed E-state index contributed by atoms with van der Waals surface area (Å²) < 4.78 is 13.6. The van der Waals surface area contributed by atoms with Crippen LogP contribution >= 0.6 is 22.9 Å². The average Bonchev–Trinajstić information content (AvgIpc) is 3.09. The predicted molar refractivity (Wildman–Crippen MR) is 101 cm³/mol. The van der Waals surface area contributed by atoms with Crippen LogP contribution < -0.4 is 5.32 Å². The summed E-state index contributed by atoms with van der Waals surface area (Å²) in [5, 5.41) is 15.5. The molecule has 0 aliphatic heterocycles. The number of thiazole rings is 1. The number of nitrogens with one attached hydrogen (secondary N) is 1. The van der Waals surface area contributed by atoms with Crippen LogP contribution in [0, 0.1) is 24.1 Å². The quantitative estimate of drug-likeness (QED) is 0.583. The third-order valence-electron chi connectivity index (χ3n) is 3.55. The molecule has 1 aromatic heterocycles. The molecule has 0 spiro atoms. The number of hydrogen-bond acceptors (Lipinski definition) is 4. The number of nitriles is 1. The lowest BCUT2D eigenvalue weighted by Gasteiger charge is -2.03. The van der Waals surface area contributed by atoms with Crippen molar-refractivity contribution in [3.8, 4) is 17.3 Å². The van der Waals surface area contributed by atoms with Crippen molar-refractivity contribution in [3.63, 3.8) is 0 Å². The van der Waals surface area contributed by atoms with E-state index in [0.717, 1.165) is 11.3 Å². The molecule has 3 nitrogen and oxygen atoms in total. The molecule has 0 saturated carbocycles. The molecule has 0 atom stereocenters. The van der Waals surface area contributed by atoms with Gasteiger partial charge in [0.25, 0.3) is 0 Å². The molecule has 124 valence electrons. The van der Waals surface area contributed by atoms with Gasteiger partial charge in [0.15, 0.2) is 0 Å². The SMILES string of the molecule is Cc1ccc(NC=C(C#N)c2nc(-c3ccc(Cl)cc3)cs2)cc1F.